The number of carbonyl (C=O) groups excluding carboxylic acids is 1. The molecule has 0 saturated carbocycles. The monoisotopic (exact) mass is 1100 g/mol. The van der Waals surface area contributed by atoms with Crippen molar-refractivity contribution < 1.29 is 90.9 Å². The lowest BCUT2D eigenvalue weighted by Crippen LogP contribution is -2.63. The Hall–Kier alpha value is -2.18. The molecule has 19 nitrogen and oxygen atoms in total. The van der Waals surface area contributed by atoms with Crippen LogP contribution < -0.4 is 0 Å². The van der Waals surface area contributed by atoms with Gasteiger partial charge in [0.1, 0.15) is 30.5 Å². The molecular weight excluding hydrogens is 1010 g/mol. The van der Waals surface area contributed by atoms with Crippen LogP contribution >= 0.6 is 0 Å². The van der Waals surface area contributed by atoms with E-state index in [0.717, 1.165) is 43.3 Å². The second kappa shape index (κ2) is 20.3. The van der Waals surface area contributed by atoms with Gasteiger partial charge in [-0.25, -0.2) is 0 Å². The van der Waals surface area contributed by atoms with Gasteiger partial charge in [-0.15, -0.1) is 0 Å². The molecule has 15 fully saturated rings. The van der Waals surface area contributed by atoms with Crippen LogP contribution in [0.2, 0.25) is 0 Å². The fourth-order valence-electron chi connectivity index (χ4n) is 17.5. The molecule has 0 aliphatic carbocycles. The van der Waals surface area contributed by atoms with E-state index in [1.165, 1.54) is 0 Å². The molecule has 0 aromatic heterocycles. The second-order valence-corrected chi connectivity index (χ2v) is 26.7. The zero-order chi connectivity index (χ0) is 53.7. The van der Waals surface area contributed by atoms with Crippen molar-refractivity contribution in [1.29, 1.82) is 0 Å². The van der Waals surface area contributed by atoms with Crippen molar-refractivity contribution >= 4 is 11.9 Å². The van der Waals surface area contributed by atoms with E-state index in [-0.39, 0.29) is 134 Å². The van der Waals surface area contributed by atoms with Crippen molar-refractivity contribution in [1.82, 2.24) is 0 Å². The highest BCUT2D eigenvalue weighted by Crippen LogP contribution is 2.57. The van der Waals surface area contributed by atoms with Crippen LogP contribution in [0.4, 0.5) is 0 Å². The fraction of sp³-hybridized carbons (Fsp3) is 0.898. The van der Waals surface area contributed by atoms with E-state index in [1.807, 2.05) is 0 Å². The van der Waals surface area contributed by atoms with Crippen LogP contribution in [0.5, 0.6) is 0 Å². The molecule has 15 saturated heterocycles. The van der Waals surface area contributed by atoms with E-state index in [1.54, 1.807) is 7.11 Å². The Bertz CT molecular complexity index is 2310. The predicted molar refractivity (Wildman–Crippen MR) is 270 cm³/mol. The van der Waals surface area contributed by atoms with Gasteiger partial charge in [0, 0.05) is 70.8 Å². The van der Waals surface area contributed by atoms with Gasteiger partial charge in [-0.05, 0) is 73.8 Å². The normalized spacial score (nSPS) is 56.5. The van der Waals surface area contributed by atoms with E-state index >= 15 is 0 Å². The van der Waals surface area contributed by atoms with Gasteiger partial charge in [0.25, 0.3) is 0 Å². The summed E-state index contributed by atoms with van der Waals surface area (Å²) in [5.74, 6) is -3.97. The number of aliphatic hydroxyl groups is 1. The molecule has 3 spiro atoms. The van der Waals surface area contributed by atoms with Crippen molar-refractivity contribution in [3.8, 4) is 0 Å². The average molecular weight is 1100 g/mol. The third kappa shape index (κ3) is 9.52. The Labute approximate surface area is 457 Å². The molecule has 15 rings (SSSR count). The first kappa shape index (κ1) is 53.8. The number of carbonyl (C=O) groups is 2. The number of aliphatic hydroxyl groups excluding tert-OH is 1. The minimum Gasteiger partial charge on any atom is -0.481 e. The van der Waals surface area contributed by atoms with Gasteiger partial charge in [-0.1, -0.05) is 40.9 Å². The van der Waals surface area contributed by atoms with Gasteiger partial charge < -0.3 is 81.3 Å². The lowest BCUT2D eigenvalue weighted by molar-refractivity contribution is -0.371. The maximum atomic E-state index is 14.6. The molecule has 15 aliphatic rings. The van der Waals surface area contributed by atoms with Crippen LogP contribution in [0.25, 0.3) is 0 Å². The topological polar surface area (TPSA) is 213 Å². The summed E-state index contributed by atoms with van der Waals surface area (Å²) >= 11 is 0. The minimum absolute atomic E-state index is 0.00816. The summed E-state index contributed by atoms with van der Waals surface area (Å²) in [7, 11) is 1.69. The summed E-state index contributed by atoms with van der Waals surface area (Å²) in [6, 6.07) is 0. The van der Waals surface area contributed by atoms with Crippen LogP contribution in [0.1, 0.15) is 143 Å². The van der Waals surface area contributed by atoms with Crippen LogP contribution in [-0.4, -0.2) is 187 Å². The first-order valence-corrected chi connectivity index (χ1v) is 30.1. The van der Waals surface area contributed by atoms with Gasteiger partial charge in [0.05, 0.1) is 123 Å². The number of aliphatic carboxylic acids is 1. The molecule has 10 bridgehead atoms. The van der Waals surface area contributed by atoms with Crippen molar-refractivity contribution in [3.05, 3.63) is 24.3 Å². The Morgan fingerprint density at radius 1 is 0.564 bits per heavy atom. The number of hydrogen-bond acceptors (Lipinski definition) is 18. The molecule has 0 aromatic rings. The lowest BCUT2D eigenvalue weighted by Gasteiger charge is -2.54. The maximum absolute atomic E-state index is 14.6. The number of ether oxygens (including phenoxy) is 15. The van der Waals surface area contributed by atoms with Gasteiger partial charge in [0.15, 0.2) is 17.4 Å². The third-order valence-electron chi connectivity index (χ3n) is 21.2. The maximum Gasteiger partial charge on any atom is 0.308 e. The molecule has 0 aromatic carbocycles. The second-order valence-electron chi connectivity index (χ2n) is 26.7. The third-order valence-corrected chi connectivity index (χ3v) is 21.2. The number of rotatable bonds is 3. The van der Waals surface area contributed by atoms with Crippen molar-refractivity contribution in [2.24, 2.45) is 23.7 Å². The predicted octanol–water partition coefficient (Wildman–Crippen LogP) is 5.90. The van der Waals surface area contributed by atoms with Crippen LogP contribution in [0, 0.1) is 23.7 Å². The Morgan fingerprint density at radius 2 is 1.23 bits per heavy atom. The standard InChI is InChI=1S/C59H84O19/c1-26-14-32-8-10-36-27(2)15-34(65-36)12-13-57-24-46(75-57)54-55(64-7)56(78-57)53-37(69-54)11-9-33(67-53)16-48(63)72-52-31(6)51-42(68-41(52)18-38(66-32)30(26)5)19-40-44(71-51)23-59(73-40)25-45-50(77-59)29(4)22-58(76-45)21-28(3)49-43(74-58)17-35(60)39(70-49)20-47(61)62/h26,28-29,31-46,49-56,60H,2,5,8-25H2,1,3-4,6-7H3,(H,61,62)/t26-,28+,29+,31+,32+,33-,34+,35-,36+,37+,38-,39-,40-,41+,42+,43+,44-,45+,46?,49+,50+,51+,52-,53+,54+,55-,56+,57+,58-,59-/m1/s1. The minimum atomic E-state index is -1.00. The number of carboxylic acids is 1. The summed E-state index contributed by atoms with van der Waals surface area (Å²) in [6.45, 7) is 17.7. The highest BCUT2D eigenvalue weighted by Gasteiger charge is 2.67. The molecule has 1 unspecified atom stereocenters. The summed E-state index contributed by atoms with van der Waals surface area (Å²) < 4.78 is 102. The first-order chi connectivity index (χ1) is 37.4. The molecule has 30 atom stereocenters. The summed E-state index contributed by atoms with van der Waals surface area (Å²) in [5.41, 5.74) is 2.14. The van der Waals surface area contributed by atoms with Crippen LogP contribution in [0.15, 0.2) is 24.3 Å². The van der Waals surface area contributed by atoms with Crippen molar-refractivity contribution in [2.45, 2.75) is 301 Å². The Morgan fingerprint density at radius 3 is 2.04 bits per heavy atom. The summed E-state index contributed by atoms with van der Waals surface area (Å²) in [4.78, 5) is 26.1. The smallest absolute Gasteiger partial charge is 0.308 e. The number of fused-ring (bicyclic) bond motifs is 10. The number of hydrogen-bond donors (Lipinski definition) is 2. The fourth-order valence-corrected chi connectivity index (χ4v) is 17.5. The van der Waals surface area contributed by atoms with Gasteiger partial charge in [0.2, 0.25) is 0 Å². The molecule has 0 radical (unpaired) electrons. The van der Waals surface area contributed by atoms with E-state index in [0.29, 0.717) is 64.2 Å². The van der Waals surface area contributed by atoms with E-state index in [2.05, 4.69) is 40.9 Å². The van der Waals surface area contributed by atoms with E-state index < -0.39 is 78.3 Å². The van der Waals surface area contributed by atoms with Gasteiger partial charge in [-0.3, -0.25) is 9.59 Å². The molecule has 15 aliphatic heterocycles. The Kier molecular flexibility index (Phi) is 14.0. The van der Waals surface area contributed by atoms with E-state index in [9.17, 15) is 19.8 Å². The molecule has 2 N–H and O–H groups in total. The average Bonchev–Trinajstić information content (AvgIpc) is 4.24. The van der Waals surface area contributed by atoms with Crippen LogP contribution in [0.3, 0.4) is 0 Å². The molecule has 15 heterocycles. The van der Waals surface area contributed by atoms with Gasteiger partial charge in [-0.2, -0.15) is 0 Å². The van der Waals surface area contributed by atoms with E-state index in [4.69, 9.17) is 71.1 Å². The molecule has 434 valence electrons. The van der Waals surface area contributed by atoms with Crippen molar-refractivity contribution in [3.63, 3.8) is 0 Å². The highest BCUT2D eigenvalue weighted by atomic mass is 16.8. The SMILES string of the molecule is C=C1C[C@@H]2CC[C@]34CC(O3)[C@@H]3O[C@H]5CC[C@H](CC(=O)O[C@@H]6[C@@H](C)[C@@H]7O[C@@H]8C[C@@]9(C[C@@H]%10O[C@]%11(C[C@H](C)[C@@H]%12O[C@H](CC(=O)O)[C@H](O)C[C@@H]%12O%11)C[C@H](C)[C@@H]%10O9)O[C@@H]8C[C@@H]7O[C@H]6C[C@H]6O[C@@H](CC[C@@H]1O2)C[C@@H](C)C6=C)O[C@@H]5[C@H](O4)[C@@H]3OC. The lowest BCUT2D eigenvalue weighted by atomic mass is 9.78. The quantitative estimate of drug-likeness (QED) is 0.249. The van der Waals surface area contributed by atoms with Crippen LogP contribution in [-0.2, 0) is 80.6 Å². The summed E-state index contributed by atoms with van der Waals surface area (Å²) in [6.07, 6.45) is 1.69. The number of methoxy groups -OCH3 is 1. The molecular formula is C59H84O19. The molecule has 19 heteroatoms. The zero-order valence-electron chi connectivity index (χ0n) is 46.1. The first-order valence-electron chi connectivity index (χ1n) is 30.1. The zero-order valence-corrected chi connectivity index (χ0v) is 46.1. The summed E-state index contributed by atoms with van der Waals surface area (Å²) in [5, 5.41) is 20.4. The largest absolute Gasteiger partial charge is 0.481 e. The highest BCUT2D eigenvalue weighted by molar-refractivity contribution is 5.70. The number of esters is 1. The van der Waals surface area contributed by atoms with Crippen molar-refractivity contribution in [2.75, 3.05) is 7.11 Å². The van der Waals surface area contributed by atoms with Gasteiger partial charge >= 0.3 is 11.9 Å². The molecule has 0 amide bonds. The Balaban J connectivity index is 0.690. The molecule has 78 heavy (non-hydrogen) atoms. The number of carboxylic acid groups (broad SMARTS) is 1.